The van der Waals surface area contributed by atoms with E-state index in [1.54, 1.807) is 12.4 Å². The van der Waals surface area contributed by atoms with Gasteiger partial charge in [-0.15, -0.1) is 0 Å². The largest absolute Gasteiger partial charge is 0.394 e. The summed E-state index contributed by atoms with van der Waals surface area (Å²) in [6, 6.07) is 3.78. The molecule has 0 spiro atoms. The van der Waals surface area contributed by atoms with Crippen LogP contribution in [0, 0.1) is 0 Å². The van der Waals surface area contributed by atoms with Crippen LogP contribution in [0.25, 0.3) is 0 Å². The highest BCUT2D eigenvalue weighted by atomic mass is 32.1. The van der Waals surface area contributed by atoms with Crippen LogP contribution in [0.2, 0.25) is 0 Å². The van der Waals surface area contributed by atoms with E-state index in [0.29, 0.717) is 11.5 Å². The van der Waals surface area contributed by atoms with Crippen LogP contribution < -0.4 is 10.6 Å². The number of aliphatic hydroxyl groups excluding tert-OH is 1. The minimum atomic E-state index is -0.0882. The summed E-state index contributed by atoms with van der Waals surface area (Å²) in [6.07, 6.45) is 4.20. The molecule has 0 aromatic carbocycles. The maximum absolute atomic E-state index is 9.37. The Bertz CT molecular complexity index is 376. The van der Waals surface area contributed by atoms with E-state index < -0.39 is 0 Å². The van der Waals surface area contributed by atoms with Crippen LogP contribution in [-0.4, -0.2) is 33.4 Å². The molecule has 3 N–H and O–H groups in total. The summed E-state index contributed by atoms with van der Waals surface area (Å²) in [5.41, 5.74) is 1.04. The van der Waals surface area contributed by atoms with Crippen molar-refractivity contribution in [2.24, 2.45) is 0 Å². The molecule has 0 radical (unpaired) electrons. The SMILES string of the molecule is CC(C)(C)NC(=S)N[C@@H](CO)Cc1ccncc1. The predicted molar refractivity (Wildman–Crippen MR) is 77.4 cm³/mol. The Morgan fingerprint density at radius 1 is 1.39 bits per heavy atom. The first-order valence-electron chi connectivity index (χ1n) is 5.99. The van der Waals surface area contributed by atoms with E-state index in [2.05, 4.69) is 15.6 Å². The summed E-state index contributed by atoms with van der Waals surface area (Å²) in [4.78, 5) is 3.97. The van der Waals surface area contributed by atoms with Crippen LogP contribution in [-0.2, 0) is 6.42 Å². The van der Waals surface area contributed by atoms with Crippen LogP contribution >= 0.6 is 12.2 Å². The average Bonchev–Trinajstić information content (AvgIpc) is 2.27. The molecule has 0 aliphatic rings. The van der Waals surface area contributed by atoms with Gasteiger partial charge in [-0.1, -0.05) is 0 Å². The fraction of sp³-hybridized carbons (Fsp3) is 0.538. The molecule has 1 aromatic rings. The van der Waals surface area contributed by atoms with Crippen molar-refractivity contribution in [2.45, 2.75) is 38.8 Å². The molecular weight excluding hydrogens is 246 g/mol. The molecule has 5 heteroatoms. The van der Waals surface area contributed by atoms with Crippen LogP contribution in [0.4, 0.5) is 0 Å². The number of hydrogen-bond acceptors (Lipinski definition) is 3. The number of hydrogen-bond donors (Lipinski definition) is 3. The molecule has 1 atom stereocenters. The van der Waals surface area contributed by atoms with Gasteiger partial charge in [0.05, 0.1) is 12.6 Å². The second-order valence-electron chi connectivity index (χ2n) is 5.29. The van der Waals surface area contributed by atoms with Crippen molar-refractivity contribution in [3.63, 3.8) is 0 Å². The smallest absolute Gasteiger partial charge is 0.167 e. The van der Waals surface area contributed by atoms with E-state index in [9.17, 15) is 5.11 Å². The van der Waals surface area contributed by atoms with E-state index in [4.69, 9.17) is 12.2 Å². The van der Waals surface area contributed by atoms with Crippen molar-refractivity contribution in [1.29, 1.82) is 0 Å². The van der Waals surface area contributed by atoms with Crippen LogP contribution in [0.5, 0.6) is 0 Å². The molecular formula is C13H21N3OS. The summed E-state index contributed by atoms with van der Waals surface area (Å²) >= 11 is 5.22. The Kier molecular flexibility index (Phi) is 5.50. The number of aliphatic hydroxyl groups is 1. The average molecular weight is 267 g/mol. The van der Waals surface area contributed by atoms with Crippen molar-refractivity contribution in [3.05, 3.63) is 30.1 Å². The van der Waals surface area contributed by atoms with Crippen LogP contribution in [0.1, 0.15) is 26.3 Å². The molecule has 1 rings (SSSR count). The van der Waals surface area contributed by atoms with Gasteiger partial charge in [-0.05, 0) is 57.1 Å². The first-order chi connectivity index (χ1) is 8.40. The van der Waals surface area contributed by atoms with Crippen LogP contribution in [0.15, 0.2) is 24.5 Å². The van der Waals surface area contributed by atoms with Crippen molar-refractivity contribution in [1.82, 2.24) is 15.6 Å². The van der Waals surface area contributed by atoms with Gasteiger partial charge >= 0.3 is 0 Å². The van der Waals surface area contributed by atoms with E-state index in [1.807, 2.05) is 32.9 Å². The molecule has 0 amide bonds. The summed E-state index contributed by atoms with van der Waals surface area (Å²) < 4.78 is 0. The van der Waals surface area contributed by atoms with Gasteiger partial charge in [0.15, 0.2) is 5.11 Å². The Balaban J connectivity index is 2.50. The summed E-state index contributed by atoms with van der Waals surface area (Å²) in [5.74, 6) is 0. The maximum Gasteiger partial charge on any atom is 0.167 e. The van der Waals surface area contributed by atoms with Gasteiger partial charge in [-0.25, -0.2) is 0 Å². The summed E-state index contributed by atoms with van der Waals surface area (Å²) in [5, 5.41) is 16.2. The van der Waals surface area contributed by atoms with E-state index in [-0.39, 0.29) is 18.2 Å². The van der Waals surface area contributed by atoms with Crippen molar-refractivity contribution in [3.8, 4) is 0 Å². The first kappa shape index (κ1) is 14.9. The third-order valence-electron chi connectivity index (χ3n) is 2.28. The molecule has 0 aliphatic heterocycles. The lowest BCUT2D eigenvalue weighted by atomic mass is 10.1. The zero-order valence-electron chi connectivity index (χ0n) is 11.1. The zero-order valence-corrected chi connectivity index (χ0v) is 11.9. The molecule has 18 heavy (non-hydrogen) atoms. The fourth-order valence-electron chi connectivity index (χ4n) is 1.53. The minimum Gasteiger partial charge on any atom is -0.394 e. The summed E-state index contributed by atoms with van der Waals surface area (Å²) in [7, 11) is 0. The maximum atomic E-state index is 9.37. The van der Waals surface area contributed by atoms with E-state index in [1.165, 1.54) is 0 Å². The van der Waals surface area contributed by atoms with Gasteiger partial charge in [0.1, 0.15) is 0 Å². The van der Waals surface area contributed by atoms with Gasteiger partial charge < -0.3 is 15.7 Å². The monoisotopic (exact) mass is 267 g/mol. The number of nitrogens with one attached hydrogen (secondary N) is 2. The lowest BCUT2D eigenvalue weighted by Crippen LogP contribution is -2.50. The Hall–Kier alpha value is -1.20. The summed E-state index contributed by atoms with van der Waals surface area (Å²) in [6.45, 7) is 6.15. The van der Waals surface area contributed by atoms with Gasteiger partial charge in [-0.3, -0.25) is 4.98 Å². The highest BCUT2D eigenvalue weighted by Gasteiger charge is 2.14. The molecule has 100 valence electrons. The highest BCUT2D eigenvalue weighted by molar-refractivity contribution is 7.80. The number of nitrogens with zero attached hydrogens (tertiary/aromatic N) is 1. The predicted octanol–water partition coefficient (Wildman–Crippen LogP) is 1.25. The number of pyridine rings is 1. The third-order valence-corrected chi connectivity index (χ3v) is 2.50. The standard InChI is InChI=1S/C13H21N3OS/c1-13(2,3)16-12(18)15-11(9-17)8-10-4-6-14-7-5-10/h4-7,11,17H,8-9H2,1-3H3,(H2,15,16,18)/t11-/m1/s1. The van der Waals surface area contributed by atoms with Gasteiger partial charge in [0.25, 0.3) is 0 Å². The Labute approximate surface area is 114 Å². The Morgan fingerprint density at radius 2 is 2.00 bits per heavy atom. The lowest BCUT2D eigenvalue weighted by Gasteiger charge is -2.26. The quantitative estimate of drug-likeness (QED) is 0.717. The van der Waals surface area contributed by atoms with E-state index in [0.717, 1.165) is 5.56 Å². The van der Waals surface area contributed by atoms with Gasteiger partial charge in [0, 0.05) is 17.9 Å². The molecule has 0 saturated carbocycles. The molecule has 1 heterocycles. The van der Waals surface area contributed by atoms with Crippen molar-refractivity contribution in [2.75, 3.05) is 6.61 Å². The second kappa shape index (κ2) is 6.66. The molecule has 0 aliphatic carbocycles. The minimum absolute atomic E-state index is 0.0360. The van der Waals surface area contributed by atoms with Crippen LogP contribution in [0.3, 0.4) is 0 Å². The fourth-order valence-corrected chi connectivity index (χ4v) is 2.00. The molecule has 0 unspecified atom stereocenters. The molecule has 0 bridgehead atoms. The van der Waals surface area contributed by atoms with Gasteiger partial charge in [0.2, 0.25) is 0 Å². The number of rotatable bonds is 4. The molecule has 0 saturated heterocycles. The zero-order chi connectivity index (χ0) is 13.6. The van der Waals surface area contributed by atoms with Crippen molar-refractivity contribution >= 4 is 17.3 Å². The van der Waals surface area contributed by atoms with Gasteiger partial charge in [-0.2, -0.15) is 0 Å². The Morgan fingerprint density at radius 3 is 2.50 bits per heavy atom. The number of aromatic nitrogens is 1. The normalized spacial score (nSPS) is 12.9. The number of thiocarbonyl (C=S) groups is 1. The molecule has 0 fully saturated rings. The second-order valence-corrected chi connectivity index (χ2v) is 5.70. The molecule has 1 aromatic heterocycles. The first-order valence-corrected chi connectivity index (χ1v) is 6.40. The topological polar surface area (TPSA) is 57.2 Å². The van der Waals surface area contributed by atoms with Crippen molar-refractivity contribution < 1.29 is 5.11 Å². The lowest BCUT2D eigenvalue weighted by molar-refractivity contribution is 0.254. The van der Waals surface area contributed by atoms with E-state index >= 15 is 0 Å². The third kappa shape index (κ3) is 5.93. The highest BCUT2D eigenvalue weighted by Crippen LogP contribution is 2.03. The molecule has 4 nitrogen and oxygen atoms in total.